The molecule has 0 amide bonds. The zero-order valence-corrected chi connectivity index (χ0v) is 28.8. The van der Waals surface area contributed by atoms with Crippen LogP contribution < -0.4 is 4.74 Å². The first kappa shape index (κ1) is 35.9. The summed E-state index contributed by atoms with van der Waals surface area (Å²) in [5.41, 5.74) is 4.63. The first-order chi connectivity index (χ1) is 21.2. The fourth-order valence-electron chi connectivity index (χ4n) is 5.49. The van der Waals surface area contributed by atoms with Crippen LogP contribution in [0.25, 0.3) is 22.5 Å². The molecular formula is C38H56F2N2OSi. The largest absolute Gasteiger partial charge is 0.487 e. The molecule has 0 aliphatic rings. The SMILES string of the molecule is CCCCCC(F)C(F)COc1cnc(-c2ccc(-c3ccc(CCCCCCCCCCC[Si](C)(C)C)cc3)cc2)nc1. The normalized spacial score (nSPS) is 13.1. The van der Waals surface area contributed by atoms with E-state index in [1.807, 2.05) is 19.1 Å². The molecule has 2 unspecified atom stereocenters. The van der Waals surface area contributed by atoms with Crippen molar-refractivity contribution in [1.29, 1.82) is 0 Å². The van der Waals surface area contributed by atoms with Crippen LogP contribution in [-0.2, 0) is 6.42 Å². The molecule has 1 heterocycles. The summed E-state index contributed by atoms with van der Waals surface area (Å²) in [6.45, 7) is 9.14. The van der Waals surface area contributed by atoms with Crippen molar-refractivity contribution in [1.82, 2.24) is 9.97 Å². The summed E-state index contributed by atoms with van der Waals surface area (Å²) in [4.78, 5) is 8.74. The minimum atomic E-state index is -1.65. The average molecular weight is 623 g/mol. The maximum Gasteiger partial charge on any atom is 0.165 e. The number of unbranched alkanes of at least 4 members (excludes halogenated alkanes) is 10. The molecule has 44 heavy (non-hydrogen) atoms. The molecule has 6 heteroatoms. The van der Waals surface area contributed by atoms with Gasteiger partial charge in [-0.25, -0.2) is 18.7 Å². The lowest BCUT2D eigenvalue weighted by molar-refractivity contribution is 0.101. The van der Waals surface area contributed by atoms with E-state index >= 15 is 0 Å². The molecule has 0 saturated heterocycles. The Morgan fingerprint density at radius 1 is 0.636 bits per heavy atom. The first-order valence-corrected chi connectivity index (χ1v) is 20.9. The first-order valence-electron chi connectivity index (χ1n) is 17.2. The zero-order chi connectivity index (χ0) is 31.6. The zero-order valence-electron chi connectivity index (χ0n) is 27.8. The fourth-order valence-corrected chi connectivity index (χ4v) is 6.80. The Hall–Kier alpha value is -2.60. The molecule has 2 atom stereocenters. The second kappa shape index (κ2) is 19.7. The van der Waals surface area contributed by atoms with Gasteiger partial charge in [0.15, 0.2) is 17.7 Å². The van der Waals surface area contributed by atoms with Crippen molar-refractivity contribution in [2.24, 2.45) is 0 Å². The molecule has 3 aromatic rings. The van der Waals surface area contributed by atoms with Crippen molar-refractivity contribution in [3.05, 3.63) is 66.5 Å². The van der Waals surface area contributed by atoms with E-state index in [9.17, 15) is 8.78 Å². The van der Waals surface area contributed by atoms with Gasteiger partial charge in [0.05, 0.1) is 12.4 Å². The molecule has 0 bridgehead atoms. The third-order valence-corrected chi connectivity index (χ3v) is 10.2. The third-order valence-electron chi connectivity index (χ3n) is 8.34. The number of hydrogen-bond acceptors (Lipinski definition) is 3. The van der Waals surface area contributed by atoms with Crippen molar-refractivity contribution in [3.8, 4) is 28.3 Å². The van der Waals surface area contributed by atoms with Crippen LogP contribution in [-0.4, -0.2) is 37.0 Å². The van der Waals surface area contributed by atoms with Gasteiger partial charge in [-0.15, -0.1) is 0 Å². The van der Waals surface area contributed by atoms with Gasteiger partial charge in [0.2, 0.25) is 0 Å². The lowest BCUT2D eigenvalue weighted by atomic mass is 10.00. The molecule has 0 N–H and O–H groups in total. The van der Waals surface area contributed by atoms with Gasteiger partial charge in [0, 0.05) is 13.6 Å². The van der Waals surface area contributed by atoms with E-state index in [0.717, 1.165) is 30.4 Å². The Bertz CT molecular complexity index is 1160. The Kier molecular flexibility index (Phi) is 16.1. The predicted octanol–water partition coefficient (Wildman–Crippen LogP) is 11.8. The minimum absolute atomic E-state index is 0.229. The molecule has 0 aliphatic carbocycles. The van der Waals surface area contributed by atoms with Gasteiger partial charge in [0.1, 0.15) is 12.8 Å². The number of aromatic nitrogens is 2. The monoisotopic (exact) mass is 622 g/mol. The second-order valence-corrected chi connectivity index (χ2v) is 19.2. The molecule has 0 spiro atoms. The Morgan fingerprint density at radius 2 is 1.16 bits per heavy atom. The standard InChI is InChI=1S/C38H56F2N2OSi/c1-5-6-14-18-36(39)37(40)30-43-35-28-41-38(42-29-35)34-25-23-33(24-26-34)32-21-19-31(20-22-32)17-15-12-10-8-7-9-11-13-16-27-44(2,3)4/h19-26,28-29,36-37H,5-18,27,30H2,1-4H3. The van der Waals surface area contributed by atoms with Crippen LogP contribution in [0.3, 0.4) is 0 Å². The van der Waals surface area contributed by atoms with Crippen molar-refractivity contribution in [2.45, 2.75) is 135 Å². The van der Waals surface area contributed by atoms with Gasteiger partial charge < -0.3 is 4.74 Å². The third kappa shape index (κ3) is 14.0. The highest BCUT2D eigenvalue weighted by Gasteiger charge is 2.21. The topological polar surface area (TPSA) is 35.0 Å². The highest BCUT2D eigenvalue weighted by Crippen LogP contribution is 2.25. The Balaban J connectivity index is 1.33. The van der Waals surface area contributed by atoms with Crippen LogP contribution in [0.1, 0.15) is 96.0 Å². The van der Waals surface area contributed by atoms with Crippen LogP contribution in [0.15, 0.2) is 60.9 Å². The van der Waals surface area contributed by atoms with Gasteiger partial charge in [-0.2, -0.15) is 0 Å². The molecule has 2 aromatic carbocycles. The molecule has 3 nitrogen and oxygen atoms in total. The minimum Gasteiger partial charge on any atom is -0.487 e. The number of hydrogen-bond donors (Lipinski definition) is 0. The molecule has 3 rings (SSSR count). The number of ether oxygens (including phenoxy) is 1. The number of aryl methyl sites for hydroxylation is 1. The highest BCUT2D eigenvalue weighted by molar-refractivity contribution is 6.76. The molecule has 0 saturated carbocycles. The van der Waals surface area contributed by atoms with Crippen molar-refractivity contribution >= 4 is 8.07 Å². The lowest BCUT2D eigenvalue weighted by Gasteiger charge is -2.14. The Morgan fingerprint density at radius 3 is 1.73 bits per heavy atom. The van der Waals surface area contributed by atoms with Gasteiger partial charge in [-0.3, -0.25) is 0 Å². The molecule has 1 aromatic heterocycles. The second-order valence-electron chi connectivity index (χ2n) is 13.6. The quantitative estimate of drug-likeness (QED) is 0.0826. The molecule has 242 valence electrons. The van der Waals surface area contributed by atoms with Crippen molar-refractivity contribution < 1.29 is 13.5 Å². The summed E-state index contributed by atoms with van der Waals surface area (Å²) in [5, 5.41) is 0. The number of nitrogens with zero attached hydrogens (tertiary/aromatic N) is 2. The molecule has 0 aliphatic heterocycles. The van der Waals surface area contributed by atoms with E-state index in [4.69, 9.17) is 4.74 Å². The Labute approximate surface area is 267 Å². The van der Waals surface area contributed by atoms with Crippen LogP contribution in [0, 0.1) is 0 Å². The summed E-state index contributed by atoms with van der Waals surface area (Å²) in [6, 6.07) is 18.6. The lowest BCUT2D eigenvalue weighted by Crippen LogP contribution is -2.24. The van der Waals surface area contributed by atoms with Crippen LogP contribution >= 0.6 is 0 Å². The van der Waals surface area contributed by atoms with Crippen molar-refractivity contribution in [3.63, 3.8) is 0 Å². The number of rotatable bonds is 22. The van der Waals surface area contributed by atoms with E-state index in [1.165, 1.54) is 87.4 Å². The number of benzene rings is 2. The van der Waals surface area contributed by atoms with Crippen LogP contribution in [0.5, 0.6) is 5.75 Å². The van der Waals surface area contributed by atoms with E-state index < -0.39 is 20.4 Å². The van der Waals surface area contributed by atoms with Gasteiger partial charge in [-0.1, -0.05) is 152 Å². The van der Waals surface area contributed by atoms with E-state index in [2.05, 4.69) is 66.0 Å². The van der Waals surface area contributed by atoms with E-state index in [1.54, 1.807) is 0 Å². The van der Waals surface area contributed by atoms with E-state index in [0.29, 0.717) is 18.0 Å². The summed E-state index contributed by atoms with van der Waals surface area (Å²) in [5.74, 6) is 0.906. The summed E-state index contributed by atoms with van der Waals surface area (Å²) < 4.78 is 33.4. The van der Waals surface area contributed by atoms with Gasteiger partial charge >= 0.3 is 0 Å². The molecule has 0 radical (unpaired) electrons. The molecule has 0 fully saturated rings. The maximum absolute atomic E-state index is 14.1. The number of halogens is 2. The van der Waals surface area contributed by atoms with Gasteiger partial charge in [0.25, 0.3) is 0 Å². The average Bonchev–Trinajstić information content (AvgIpc) is 3.02. The fraction of sp³-hybridized carbons (Fsp3) is 0.579. The van der Waals surface area contributed by atoms with E-state index in [-0.39, 0.29) is 13.0 Å². The highest BCUT2D eigenvalue weighted by atomic mass is 28.3. The predicted molar refractivity (Wildman–Crippen MR) is 186 cm³/mol. The summed E-state index contributed by atoms with van der Waals surface area (Å²) in [7, 11) is -0.844. The van der Waals surface area contributed by atoms with Crippen LogP contribution in [0.2, 0.25) is 25.7 Å². The smallest absolute Gasteiger partial charge is 0.165 e. The van der Waals surface area contributed by atoms with Gasteiger partial charge in [-0.05, 0) is 36.0 Å². The van der Waals surface area contributed by atoms with Crippen LogP contribution in [0.4, 0.5) is 8.78 Å². The number of alkyl halides is 2. The van der Waals surface area contributed by atoms with Crippen molar-refractivity contribution in [2.75, 3.05) is 6.61 Å². The summed E-state index contributed by atoms with van der Waals surface area (Å²) >= 11 is 0. The molecular weight excluding hydrogens is 567 g/mol. The summed E-state index contributed by atoms with van der Waals surface area (Å²) in [6.07, 6.45) is 16.3. The maximum atomic E-state index is 14.1.